The summed E-state index contributed by atoms with van der Waals surface area (Å²) < 4.78 is 5.02. The minimum Gasteiger partial charge on any atom is -0.497 e. The Morgan fingerprint density at radius 3 is 2.32 bits per heavy atom. The van der Waals surface area contributed by atoms with Crippen molar-refractivity contribution in [2.75, 3.05) is 12.4 Å². The van der Waals surface area contributed by atoms with E-state index in [0.717, 1.165) is 11.1 Å². The number of hydrogen-bond acceptors (Lipinski definition) is 4. The van der Waals surface area contributed by atoms with Crippen molar-refractivity contribution in [1.29, 1.82) is 0 Å². The molecular weight excluding hydrogens is 318 g/mol. The summed E-state index contributed by atoms with van der Waals surface area (Å²) >= 11 is 0. The van der Waals surface area contributed by atoms with Gasteiger partial charge < -0.3 is 10.1 Å². The summed E-state index contributed by atoms with van der Waals surface area (Å²) in [5.41, 5.74) is 4.54. The highest BCUT2D eigenvalue weighted by Gasteiger charge is 2.12. The summed E-state index contributed by atoms with van der Waals surface area (Å²) in [5.74, 6) is -0.987. The minimum atomic E-state index is -0.848. The Bertz CT molecular complexity index is 781. The molecule has 0 heterocycles. The van der Waals surface area contributed by atoms with Crippen molar-refractivity contribution >= 4 is 29.8 Å². The van der Waals surface area contributed by atoms with Crippen molar-refractivity contribution in [2.24, 2.45) is 5.10 Å². The Morgan fingerprint density at radius 2 is 1.68 bits per heavy atom. The molecule has 2 rings (SSSR count). The Hall–Kier alpha value is -3.41. The molecule has 2 N–H and O–H groups in total. The molecule has 0 saturated carbocycles. The highest BCUT2D eigenvalue weighted by molar-refractivity contribution is 6.39. The number of carbonyl (C=O) groups is 2. The zero-order chi connectivity index (χ0) is 18.1. The molecule has 6 heteroatoms. The fraction of sp³-hybridized carbons (Fsp3) is 0.105. The smallest absolute Gasteiger partial charge is 0.329 e. The van der Waals surface area contributed by atoms with Crippen LogP contribution in [0.4, 0.5) is 5.69 Å². The van der Waals surface area contributed by atoms with Crippen molar-refractivity contribution in [1.82, 2.24) is 5.43 Å². The summed E-state index contributed by atoms with van der Waals surface area (Å²) in [4.78, 5) is 23.5. The third-order valence-corrected chi connectivity index (χ3v) is 3.18. The molecule has 0 aromatic heterocycles. The van der Waals surface area contributed by atoms with Gasteiger partial charge in [-0.05, 0) is 42.3 Å². The van der Waals surface area contributed by atoms with Gasteiger partial charge in [-0.3, -0.25) is 9.59 Å². The molecule has 0 aliphatic rings. The lowest BCUT2D eigenvalue weighted by Crippen LogP contribution is -2.32. The molecule has 0 fully saturated rings. The van der Waals surface area contributed by atoms with Crippen molar-refractivity contribution in [3.63, 3.8) is 0 Å². The van der Waals surface area contributed by atoms with E-state index in [-0.39, 0.29) is 0 Å². The minimum absolute atomic E-state index is 0.491. The second-order valence-corrected chi connectivity index (χ2v) is 5.18. The molecule has 0 spiro atoms. The third-order valence-electron chi connectivity index (χ3n) is 3.18. The highest BCUT2D eigenvalue weighted by Crippen LogP contribution is 2.14. The number of rotatable bonds is 5. The van der Waals surface area contributed by atoms with Crippen molar-refractivity contribution in [2.45, 2.75) is 6.92 Å². The second-order valence-electron chi connectivity index (χ2n) is 5.18. The van der Waals surface area contributed by atoms with Gasteiger partial charge in [0, 0.05) is 5.69 Å². The van der Waals surface area contributed by atoms with E-state index in [1.807, 2.05) is 43.3 Å². The van der Waals surface area contributed by atoms with Crippen LogP contribution in [0.25, 0.3) is 6.08 Å². The monoisotopic (exact) mass is 337 g/mol. The van der Waals surface area contributed by atoms with Gasteiger partial charge in [-0.25, -0.2) is 5.43 Å². The van der Waals surface area contributed by atoms with Crippen LogP contribution >= 0.6 is 0 Å². The Morgan fingerprint density at radius 1 is 1.00 bits per heavy atom. The molecule has 0 aliphatic heterocycles. The molecule has 2 aromatic carbocycles. The van der Waals surface area contributed by atoms with Crippen LogP contribution in [0.15, 0.2) is 65.3 Å². The SMILES string of the molecule is COc1ccc(NC(=O)C(=O)NN=CC(C)=Cc2ccccc2)cc1. The van der Waals surface area contributed by atoms with Crippen LogP contribution in [-0.2, 0) is 9.59 Å². The van der Waals surface area contributed by atoms with Crippen molar-refractivity contribution in [3.05, 3.63) is 65.7 Å². The van der Waals surface area contributed by atoms with E-state index in [4.69, 9.17) is 4.74 Å². The van der Waals surface area contributed by atoms with E-state index in [9.17, 15) is 9.59 Å². The predicted molar refractivity (Wildman–Crippen MR) is 98.4 cm³/mol. The van der Waals surface area contributed by atoms with Crippen LogP contribution in [0.5, 0.6) is 5.75 Å². The first kappa shape index (κ1) is 17.9. The molecule has 0 aliphatic carbocycles. The number of nitrogens with zero attached hydrogens (tertiary/aromatic N) is 1. The van der Waals surface area contributed by atoms with Gasteiger partial charge >= 0.3 is 11.8 Å². The molecule has 0 unspecified atom stereocenters. The molecule has 0 radical (unpaired) electrons. The average molecular weight is 337 g/mol. The number of amides is 2. The number of allylic oxidation sites excluding steroid dienone is 1. The molecule has 0 saturated heterocycles. The van der Waals surface area contributed by atoms with E-state index in [0.29, 0.717) is 11.4 Å². The van der Waals surface area contributed by atoms with Crippen molar-refractivity contribution < 1.29 is 14.3 Å². The van der Waals surface area contributed by atoms with Crippen LogP contribution in [0.3, 0.4) is 0 Å². The maximum Gasteiger partial charge on any atom is 0.329 e. The molecule has 6 nitrogen and oxygen atoms in total. The van der Waals surface area contributed by atoms with Crippen LogP contribution in [-0.4, -0.2) is 25.1 Å². The number of hydrazone groups is 1. The summed E-state index contributed by atoms with van der Waals surface area (Å²) in [6.45, 7) is 1.85. The number of hydrogen-bond donors (Lipinski definition) is 2. The number of carbonyl (C=O) groups excluding carboxylic acids is 2. The molecule has 128 valence electrons. The molecule has 0 bridgehead atoms. The quantitative estimate of drug-likeness (QED) is 0.500. The average Bonchev–Trinajstić information content (AvgIpc) is 2.63. The van der Waals surface area contributed by atoms with Crippen LogP contribution in [0.1, 0.15) is 12.5 Å². The van der Waals surface area contributed by atoms with Gasteiger partial charge in [-0.2, -0.15) is 5.10 Å². The number of nitrogens with one attached hydrogen (secondary N) is 2. The Labute approximate surface area is 146 Å². The lowest BCUT2D eigenvalue weighted by Gasteiger charge is -2.05. The normalized spacial score (nSPS) is 11.2. The molecule has 25 heavy (non-hydrogen) atoms. The van der Waals surface area contributed by atoms with E-state index in [1.54, 1.807) is 31.4 Å². The van der Waals surface area contributed by atoms with E-state index < -0.39 is 11.8 Å². The second kappa shape index (κ2) is 9.02. The fourth-order valence-electron chi connectivity index (χ4n) is 1.96. The first-order chi connectivity index (χ1) is 12.1. The summed E-state index contributed by atoms with van der Waals surface area (Å²) in [6, 6.07) is 16.4. The first-order valence-electron chi connectivity index (χ1n) is 7.60. The number of methoxy groups -OCH3 is 1. The number of ether oxygens (including phenoxy) is 1. The Balaban J connectivity index is 1.86. The van der Waals surface area contributed by atoms with Gasteiger partial charge in [0.05, 0.1) is 13.3 Å². The maximum absolute atomic E-state index is 11.8. The lowest BCUT2D eigenvalue weighted by molar-refractivity contribution is -0.136. The summed E-state index contributed by atoms with van der Waals surface area (Å²) in [6.07, 6.45) is 3.39. The highest BCUT2D eigenvalue weighted by atomic mass is 16.5. The van der Waals surface area contributed by atoms with Crippen LogP contribution < -0.4 is 15.5 Å². The zero-order valence-electron chi connectivity index (χ0n) is 14.0. The molecular formula is C19H19N3O3. The maximum atomic E-state index is 11.8. The van der Waals surface area contributed by atoms with Gasteiger partial charge in [0.25, 0.3) is 0 Å². The van der Waals surface area contributed by atoms with Gasteiger partial charge in [0.2, 0.25) is 0 Å². The number of anilines is 1. The van der Waals surface area contributed by atoms with Gasteiger partial charge in [-0.15, -0.1) is 0 Å². The van der Waals surface area contributed by atoms with Gasteiger partial charge in [0.1, 0.15) is 5.75 Å². The van der Waals surface area contributed by atoms with Crippen LogP contribution in [0.2, 0.25) is 0 Å². The van der Waals surface area contributed by atoms with Crippen LogP contribution in [0, 0.1) is 0 Å². The lowest BCUT2D eigenvalue weighted by atomic mass is 10.1. The first-order valence-corrected chi connectivity index (χ1v) is 7.60. The zero-order valence-corrected chi connectivity index (χ0v) is 14.0. The summed E-state index contributed by atoms with van der Waals surface area (Å²) in [5, 5.41) is 6.26. The van der Waals surface area contributed by atoms with E-state index in [1.165, 1.54) is 6.21 Å². The predicted octanol–water partition coefficient (Wildman–Crippen LogP) is 2.84. The van der Waals surface area contributed by atoms with E-state index in [2.05, 4.69) is 15.8 Å². The van der Waals surface area contributed by atoms with Gasteiger partial charge in [0.15, 0.2) is 0 Å². The number of benzene rings is 2. The standard InChI is InChI=1S/C19H19N3O3/c1-14(12-15-6-4-3-5-7-15)13-20-22-19(24)18(23)21-16-8-10-17(25-2)11-9-16/h3-13H,1-2H3,(H,21,23)(H,22,24). The fourth-order valence-corrected chi connectivity index (χ4v) is 1.96. The van der Waals surface area contributed by atoms with E-state index >= 15 is 0 Å². The third kappa shape index (κ3) is 5.95. The largest absolute Gasteiger partial charge is 0.497 e. The topological polar surface area (TPSA) is 79.8 Å². The van der Waals surface area contributed by atoms with Crippen molar-refractivity contribution in [3.8, 4) is 5.75 Å². The molecule has 2 aromatic rings. The Kier molecular flexibility index (Phi) is 6.47. The molecule has 0 atom stereocenters. The molecule has 2 amide bonds. The van der Waals surface area contributed by atoms with Gasteiger partial charge in [-0.1, -0.05) is 36.4 Å². The summed E-state index contributed by atoms with van der Waals surface area (Å²) in [7, 11) is 1.55.